The number of aliphatic hydroxyl groups excluding tert-OH is 1. The lowest BCUT2D eigenvalue weighted by atomic mass is 10.3. The maximum absolute atomic E-state index is 8.72. The second-order valence-corrected chi connectivity index (χ2v) is 3.43. The summed E-state index contributed by atoms with van der Waals surface area (Å²) in [5.74, 6) is 0. The molecule has 13 heavy (non-hydrogen) atoms. The van der Waals surface area contributed by atoms with Crippen LogP contribution in [0, 0.1) is 18.3 Å². The Kier molecular flexibility index (Phi) is 5.88. The quantitative estimate of drug-likeness (QED) is 0.608. The van der Waals surface area contributed by atoms with Crippen molar-refractivity contribution in [3.63, 3.8) is 0 Å². The monoisotopic (exact) mass is 262 g/mol. The van der Waals surface area contributed by atoms with Crippen molar-refractivity contribution in [1.82, 2.24) is 0 Å². The summed E-state index contributed by atoms with van der Waals surface area (Å²) in [6, 6.07) is 2.09. The highest BCUT2D eigenvalue weighted by atomic mass is 79.9. The van der Waals surface area contributed by atoms with Gasteiger partial charge in [0.25, 0.3) is 0 Å². The van der Waals surface area contributed by atoms with E-state index in [9.17, 15) is 0 Å². The van der Waals surface area contributed by atoms with Crippen molar-refractivity contribution in [3.05, 3.63) is 16.1 Å². The Hall–Kier alpha value is -0.440. The first-order valence-corrected chi connectivity index (χ1v) is 4.61. The van der Waals surface area contributed by atoms with Gasteiger partial charge >= 0.3 is 0 Å². The van der Waals surface area contributed by atoms with Crippen LogP contribution in [-0.4, -0.2) is 11.7 Å². The molecular weight excluding hydrogens is 252 g/mol. The number of aromatic nitrogens is 1. The number of halogens is 1. The van der Waals surface area contributed by atoms with Crippen molar-refractivity contribution in [2.45, 2.75) is 19.9 Å². The summed E-state index contributed by atoms with van der Waals surface area (Å²) in [5, 5.41) is 17.2. The van der Waals surface area contributed by atoms with E-state index in [0.717, 1.165) is 10.6 Å². The minimum absolute atomic E-state index is 0. The third kappa shape index (κ3) is 3.07. The topological polar surface area (TPSA) is 47.9 Å². The van der Waals surface area contributed by atoms with E-state index in [1.807, 2.05) is 17.0 Å². The van der Waals surface area contributed by atoms with Gasteiger partial charge in [-0.25, -0.2) is 0 Å². The number of aliphatic hydroxyl groups is 1. The largest absolute Gasteiger partial charge is 1.00 e. The van der Waals surface area contributed by atoms with Crippen LogP contribution in [0.1, 0.15) is 10.6 Å². The molecule has 0 aliphatic heterocycles. The van der Waals surface area contributed by atoms with Crippen molar-refractivity contribution >= 4 is 11.3 Å². The molecule has 1 rings (SSSR count). The van der Waals surface area contributed by atoms with Crippen LogP contribution in [0.15, 0.2) is 5.51 Å². The predicted octanol–water partition coefficient (Wildman–Crippen LogP) is -2.59. The Bertz CT molecular complexity index is 306. The van der Waals surface area contributed by atoms with Gasteiger partial charge in [-0.2, -0.15) is 9.83 Å². The molecule has 1 N–H and O–H groups in total. The van der Waals surface area contributed by atoms with E-state index in [4.69, 9.17) is 10.4 Å². The first-order valence-electron chi connectivity index (χ1n) is 3.73. The van der Waals surface area contributed by atoms with E-state index in [1.165, 1.54) is 0 Å². The van der Waals surface area contributed by atoms with Crippen LogP contribution in [0.3, 0.4) is 0 Å². The maximum atomic E-state index is 8.72. The van der Waals surface area contributed by atoms with Crippen molar-refractivity contribution in [3.8, 4) is 6.07 Å². The molecule has 0 unspecified atom stereocenters. The zero-order valence-corrected chi connectivity index (χ0v) is 9.73. The third-order valence-electron chi connectivity index (χ3n) is 1.74. The van der Waals surface area contributed by atoms with Crippen LogP contribution in [0.2, 0.25) is 0 Å². The molecule has 0 bridgehead atoms. The summed E-state index contributed by atoms with van der Waals surface area (Å²) in [7, 11) is 0. The molecular formula is C8H11BrN2OS. The summed E-state index contributed by atoms with van der Waals surface area (Å²) >= 11 is 1.59. The summed E-state index contributed by atoms with van der Waals surface area (Å²) in [5.41, 5.74) is 3.01. The molecule has 0 aromatic carbocycles. The van der Waals surface area contributed by atoms with E-state index in [0.29, 0.717) is 13.0 Å². The molecule has 1 aromatic heterocycles. The minimum atomic E-state index is 0. The van der Waals surface area contributed by atoms with Crippen molar-refractivity contribution in [1.29, 1.82) is 5.26 Å². The Labute approximate surface area is 92.0 Å². The number of thiazole rings is 1. The number of nitrogens with zero attached hydrogens (tertiary/aromatic N) is 2. The summed E-state index contributed by atoms with van der Waals surface area (Å²) in [6.07, 6.45) is 0.689. The van der Waals surface area contributed by atoms with Gasteiger partial charge in [0.15, 0.2) is 5.69 Å². The zero-order valence-electron chi connectivity index (χ0n) is 7.33. The molecule has 0 atom stereocenters. The number of hydrogen-bond donors (Lipinski definition) is 1. The summed E-state index contributed by atoms with van der Waals surface area (Å²) in [6.45, 7) is 2.54. The van der Waals surface area contributed by atoms with Crippen LogP contribution < -0.4 is 21.5 Å². The molecule has 1 heterocycles. The molecule has 0 fully saturated rings. The van der Waals surface area contributed by atoms with Crippen LogP contribution in [0.5, 0.6) is 0 Å². The second kappa shape index (κ2) is 6.08. The molecule has 0 aliphatic rings. The Morgan fingerprint density at radius 1 is 1.69 bits per heavy atom. The average molecular weight is 263 g/mol. The van der Waals surface area contributed by atoms with E-state index in [-0.39, 0.29) is 23.6 Å². The van der Waals surface area contributed by atoms with Crippen LogP contribution in [-0.2, 0) is 13.0 Å². The number of hydrogen-bond acceptors (Lipinski definition) is 3. The molecule has 0 amide bonds. The van der Waals surface area contributed by atoms with Gasteiger partial charge in [-0.05, 0) is 0 Å². The smallest absolute Gasteiger partial charge is 0.235 e. The lowest BCUT2D eigenvalue weighted by Crippen LogP contribution is -3.00. The molecule has 0 saturated carbocycles. The van der Waals surface area contributed by atoms with Gasteiger partial charge in [-0.15, -0.1) is 0 Å². The molecule has 1 aromatic rings. The highest BCUT2D eigenvalue weighted by Crippen LogP contribution is 2.10. The molecule has 0 aliphatic carbocycles. The van der Waals surface area contributed by atoms with Gasteiger partial charge in [0, 0.05) is 20.0 Å². The van der Waals surface area contributed by atoms with Crippen molar-refractivity contribution in [2.24, 2.45) is 0 Å². The molecule has 0 spiro atoms. The molecule has 72 valence electrons. The van der Waals surface area contributed by atoms with Gasteiger partial charge in [-0.3, -0.25) is 0 Å². The predicted molar refractivity (Wildman–Crippen MR) is 45.7 cm³/mol. The molecule has 0 saturated heterocycles. The van der Waals surface area contributed by atoms with Crippen LogP contribution in [0.25, 0.3) is 0 Å². The van der Waals surface area contributed by atoms with E-state index in [1.54, 1.807) is 11.3 Å². The maximum Gasteiger partial charge on any atom is 0.235 e. The highest BCUT2D eigenvalue weighted by Gasteiger charge is 2.13. The van der Waals surface area contributed by atoms with Gasteiger partial charge < -0.3 is 22.1 Å². The second-order valence-electron chi connectivity index (χ2n) is 2.49. The molecule has 3 nitrogen and oxygen atoms in total. The van der Waals surface area contributed by atoms with Crippen molar-refractivity contribution in [2.75, 3.05) is 6.61 Å². The highest BCUT2D eigenvalue weighted by molar-refractivity contribution is 7.09. The lowest BCUT2D eigenvalue weighted by Gasteiger charge is -1.90. The van der Waals surface area contributed by atoms with Gasteiger partial charge in [0.05, 0.1) is 4.88 Å². The number of nitriles is 1. The summed E-state index contributed by atoms with van der Waals surface area (Å²) < 4.78 is 1.90. The first kappa shape index (κ1) is 12.6. The Morgan fingerprint density at radius 3 is 2.92 bits per heavy atom. The van der Waals surface area contributed by atoms with Crippen molar-refractivity contribution < 1.29 is 26.7 Å². The number of rotatable bonds is 3. The Morgan fingerprint density at radius 2 is 2.38 bits per heavy atom. The zero-order chi connectivity index (χ0) is 8.97. The van der Waals surface area contributed by atoms with E-state index in [2.05, 4.69) is 6.07 Å². The fraction of sp³-hybridized carbons (Fsp3) is 0.500. The Balaban J connectivity index is 0.00000144. The molecule has 5 heteroatoms. The SMILES string of the molecule is Cc1c(CCO)sc[n+]1CC#N.[Br-]. The van der Waals surface area contributed by atoms with Crippen LogP contribution >= 0.6 is 11.3 Å². The van der Waals surface area contributed by atoms with Gasteiger partial charge in [0.2, 0.25) is 12.1 Å². The minimum Gasteiger partial charge on any atom is -1.00 e. The van der Waals surface area contributed by atoms with E-state index >= 15 is 0 Å². The van der Waals surface area contributed by atoms with Crippen LogP contribution in [0.4, 0.5) is 0 Å². The standard InChI is InChI=1S/C8H11N2OS.BrH/c1-7-8(2-5-11)12-6-10(7)4-3-9;/h6,11H,2,4-5H2,1H3;1H/q+1;/p-1. The lowest BCUT2D eigenvalue weighted by molar-refractivity contribution is -0.686. The fourth-order valence-corrected chi connectivity index (χ4v) is 2.01. The third-order valence-corrected chi connectivity index (χ3v) is 2.88. The fourth-order valence-electron chi connectivity index (χ4n) is 1.03. The summed E-state index contributed by atoms with van der Waals surface area (Å²) in [4.78, 5) is 1.16. The average Bonchev–Trinajstić information content (AvgIpc) is 2.38. The van der Waals surface area contributed by atoms with Gasteiger partial charge in [0.1, 0.15) is 6.07 Å². The van der Waals surface area contributed by atoms with E-state index < -0.39 is 0 Å². The normalized spacial score (nSPS) is 9.00. The van der Waals surface area contributed by atoms with Gasteiger partial charge in [-0.1, -0.05) is 11.3 Å². The molecule has 0 radical (unpaired) electrons. The first-order chi connectivity index (χ1) is 5.79.